The van der Waals surface area contributed by atoms with Crippen LogP contribution in [0.15, 0.2) is 60.0 Å². The Morgan fingerprint density at radius 1 is 1.08 bits per heavy atom. The Kier molecular flexibility index (Phi) is 5.06. The maximum atomic E-state index is 12.9. The summed E-state index contributed by atoms with van der Waals surface area (Å²) in [4.78, 5) is 19.1. The van der Waals surface area contributed by atoms with Crippen molar-refractivity contribution in [2.45, 2.75) is 26.7 Å². The molecule has 0 aliphatic rings. The minimum atomic E-state index is 0.0667. The summed E-state index contributed by atoms with van der Waals surface area (Å²) < 4.78 is 0. The molecule has 0 aliphatic heterocycles. The first kappa shape index (κ1) is 16.4. The average molecular weight is 336 g/mol. The Bertz CT molecular complexity index is 826. The van der Waals surface area contributed by atoms with Gasteiger partial charge in [0.2, 0.25) is 5.91 Å². The van der Waals surface area contributed by atoms with Crippen LogP contribution < -0.4 is 4.90 Å². The van der Waals surface area contributed by atoms with E-state index in [-0.39, 0.29) is 5.91 Å². The molecule has 24 heavy (non-hydrogen) atoms. The van der Waals surface area contributed by atoms with Gasteiger partial charge >= 0.3 is 0 Å². The first-order chi connectivity index (χ1) is 11.6. The Morgan fingerprint density at radius 2 is 1.88 bits per heavy atom. The summed E-state index contributed by atoms with van der Waals surface area (Å²) >= 11 is 1.50. The van der Waals surface area contributed by atoms with Gasteiger partial charge in [0.1, 0.15) is 0 Å². The van der Waals surface area contributed by atoms with Gasteiger partial charge in [0.15, 0.2) is 5.13 Å². The van der Waals surface area contributed by atoms with E-state index >= 15 is 0 Å². The number of hydrogen-bond donors (Lipinski definition) is 0. The molecular weight excluding hydrogens is 316 g/mol. The fourth-order valence-corrected chi connectivity index (χ4v) is 3.45. The van der Waals surface area contributed by atoms with Crippen LogP contribution in [0.1, 0.15) is 23.2 Å². The molecule has 0 saturated carbocycles. The smallest absolute Gasteiger partial charge is 0.233 e. The summed E-state index contributed by atoms with van der Waals surface area (Å²) in [7, 11) is 0. The molecule has 0 N–H and O–H groups in total. The van der Waals surface area contributed by atoms with E-state index in [4.69, 9.17) is 0 Å². The number of hydrogen-bond acceptors (Lipinski definition) is 3. The standard InChI is InChI=1S/C20H20N2OS/c1-15-7-6-8-17(13-15)11-12-19(23)22(18-9-4-3-5-10-18)20-21-16(2)14-24-20/h3-10,13-14H,11-12H2,1-2H3. The summed E-state index contributed by atoms with van der Waals surface area (Å²) in [6.45, 7) is 4.01. The molecule has 3 rings (SSSR count). The third-order valence-electron chi connectivity index (χ3n) is 3.77. The van der Waals surface area contributed by atoms with Crippen molar-refractivity contribution >= 4 is 28.1 Å². The van der Waals surface area contributed by atoms with Crippen molar-refractivity contribution in [3.8, 4) is 0 Å². The maximum Gasteiger partial charge on any atom is 0.233 e. The fourth-order valence-electron chi connectivity index (χ4n) is 2.61. The van der Waals surface area contributed by atoms with Gasteiger partial charge < -0.3 is 0 Å². The Labute approximate surface area is 146 Å². The molecule has 0 unspecified atom stereocenters. The molecule has 0 fully saturated rings. The normalized spacial score (nSPS) is 10.6. The third-order valence-corrected chi connectivity index (χ3v) is 4.72. The number of anilines is 2. The molecule has 0 atom stereocenters. The number of amides is 1. The minimum Gasteiger partial charge on any atom is -0.274 e. The predicted molar refractivity (Wildman–Crippen MR) is 99.9 cm³/mol. The molecular formula is C20H20N2OS. The number of aromatic nitrogens is 1. The van der Waals surface area contributed by atoms with Crippen molar-refractivity contribution in [1.82, 2.24) is 4.98 Å². The highest BCUT2D eigenvalue weighted by molar-refractivity contribution is 7.14. The van der Waals surface area contributed by atoms with Crippen LogP contribution in [0.2, 0.25) is 0 Å². The van der Waals surface area contributed by atoms with E-state index in [9.17, 15) is 4.79 Å². The summed E-state index contributed by atoms with van der Waals surface area (Å²) in [5, 5.41) is 2.70. The number of carbonyl (C=O) groups is 1. The highest BCUT2D eigenvalue weighted by Gasteiger charge is 2.20. The van der Waals surface area contributed by atoms with E-state index in [1.807, 2.05) is 48.7 Å². The van der Waals surface area contributed by atoms with Crippen molar-refractivity contribution in [1.29, 1.82) is 0 Å². The molecule has 122 valence electrons. The van der Waals surface area contributed by atoms with Crippen LogP contribution in [-0.2, 0) is 11.2 Å². The number of rotatable bonds is 5. The zero-order chi connectivity index (χ0) is 16.9. The highest BCUT2D eigenvalue weighted by atomic mass is 32.1. The van der Waals surface area contributed by atoms with E-state index in [0.717, 1.165) is 22.9 Å². The van der Waals surface area contributed by atoms with Crippen molar-refractivity contribution in [2.75, 3.05) is 4.90 Å². The first-order valence-corrected chi connectivity index (χ1v) is 8.87. The van der Waals surface area contributed by atoms with E-state index in [2.05, 4.69) is 30.1 Å². The monoisotopic (exact) mass is 336 g/mol. The van der Waals surface area contributed by atoms with Gasteiger partial charge in [-0.05, 0) is 38.0 Å². The number of aryl methyl sites for hydroxylation is 3. The van der Waals surface area contributed by atoms with Gasteiger partial charge in [0, 0.05) is 11.8 Å². The summed E-state index contributed by atoms with van der Waals surface area (Å²) in [5.41, 5.74) is 4.20. The van der Waals surface area contributed by atoms with Gasteiger partial charge in [-0.15, -0.1) is 11.3 Å². The van der Waals surface area contributed by atoms with Crippen LogP contribution >= 0.6 is 11.3 Å². The van der Waals surface area contributed by atoms with Gasteiger partial charge in [0.05, 0.1) is 11.4 Å². The number of thiazole rings is 1. The van der Waals surface area contributed by atoms with Gasteiger partial charge in [-0.2, -0.15) is 0 Å². The number of nitrogens with zero attached hydrogens (tertiary/aromatic N) is 2. The Morgan fingerprint density at radius 3 is 2.54 bits per heavy atom. The number of benzene rings is 2. The lowest BCUT2D eigenvalue weighted by Crippen LogP contribution is -2.26. The zero-order valence-electron chi connectivity index (χ0n) is 13.9. The van der Waals surface area contributed by atoms with Gasteiger partial charge in [-0.3, -0.25) is 9.69 Å². The van der Waals surface area contributed by atoms with Crippen molar-refractivity contribution in [2.24, 2.45) is 0 Å². The second kappa shape index (κ2) is 7.41. The molecule has 4 heteroatoms. The summed E-state index contributed by atoms with van der Waals surface area (Å²) in [5.74, 6) is 0.0667. The lowest BCUT2D eigenvalue weighted by atomic mass is 10.1. The van der Waals surface area contributed by atoms with Crippen molar-refractivity contribution < 1.29 is 4.79 Å². The van der Waals surface area contributed by atoms with Gasteiger partial charge in [-0.1, -0.05) is 48.0 Å². The van der Waals surface area contributed by atoms with Crippen molar-refractivity contribution in [3.63, 3.8) is 0 Å². The maximum absolute atomic E-state index is 12.9. The molecule has 1 amide bonds. The van der Waals surface area contributed by atoms with Crippen LogP contribution in [0.3, 0.4) is 0 Å². The largest absolute Gasteiger partial charge is 0.274 e. The molecule has 0 bridgehead atoms. The average Bonchev–Trinajstić information content (AvgIpc) is 3.00. The van der Waals surface area contributed by atoms with Crippen LogP contribution in [-0.4, -0.2) is 10.9 Å². The molecule has 3 aromatic rings. The quantitative estimate of drug-likeness (QED) is 0.652. The summed E-state index contributed by atoms with van der Waals surface area (Å²) in [6, 6.07) is 18.0. The molecule has 0 aliphatic carbocycles. The molecule has 0 spiro atoms. The molecule has 0 saturated heterocycles. The van der Waals surface area contributed by atoms with Crippen LogP contribution in [0.25, 0.3) is 0 Å². The minimum absolute atomic E-state index is 0.0667. The van der Waals surface area contributed by atoms with Crippen LogP contribution in [0, 0.1) is 13.8 Å². The molecule has 2 aromatic carbocycles. The molecule has 0 radical (unpaired) electrons. The van der Waals surface area contributed by atoms with Crippen LogP contribution in [0.4, 0.5) is 10.8 Å². The predicted octanol–water partition coefficient (Wildman–Crippen LogP) is 5.06. The lowest BCUT2D eigenvalue weighted by molar-refractivity contribution is -0.117. The second-order valence-electron chi connectivity index (χ2n) is 5.83. The number of carbonyl (C=O) groups excluding carboxylic acids is 1. The highest BCUT2D eigenvalue weighted by Crippen LogP contribution is 2.29. The summed E-state index contributed by atoms with van der Waals surface area (Å²) in [6.07, 6.45) is 1.19. The molecule has 1 heterocycles. The Balaban J connectivity index is 1.81. The lowest BCUT2D eigenvalue weighted by Gasteiger charge is -2.20. The fraction of sp³-hybridized carbons (Fsp3) is 0.200. The van der Waals surface area contributed by atoms with Crippen LogP contribution in [0.5, 0.6) is 0 Å². The van der Waals surface area contributed by atoms with Gasteiger partial charge in [0.25, 0.3) is 0 Å². The van der Waals surface area contributed by atoms with Gasteiger partial charge in [-0.25, -0.2) is 4.98 Å². The number of para-hydroxylation sites is 1. The van der Waals surface area contributed by atoms with Crippen molar-refractivity contribution in [3.05, 3.63) is 76.8 Å². The van der Waals surface area contributed by atoms with E-state index in [0.29, 0.717) is 6.42 Å². The topological polar surface area (TPSA) is 33.2 Å². The zero-order valence-corrected chi connectivity index (χ0v) is 14.7. The van der Waals surface area contributed by atoms with E-state index in [1.165, 1.54) is 22.5 Å². The second-order valence-corrected chi connectivity index (χ2v) is 6.66. The molecule has 3 nitrogen and oxygen atoms in total. The SMILES string of the molecule is Cc1cccc(CCC(=O)N(c2ccccc2)c2nc(C)cs2)c1. The van der Waals surface area contributed by atoms with E-state index in [1.54, 1.807) is 4.90 Å². The Hall–Kier alpha value is -2.46. The third kappa shape index (κ3) is 3.89. The van der Waals surface area contributed by atoms with E-state index < -0.39 is 0 Å². The first-order valence-electron chi connectivity index (χ1n) is 7.99. The molecule has 1 aromatic heterocycles.